The molecule has 1 aliphatic rings. The summed E-state index contributed by atoms with van der Waals surface area (Å²) in [6, 6.07) is 21.1. The fraction of sp³-hybridized carbons (Fsp3) is 0.351. The molecule has 4 aromatic carbocycles. The Morgan fingerprint density at radius 2 is 0.930 bits per heavy atom. The van der Waals surface area contributed by atoms with E-state index >= 15 is 0 Å². The van der Waals surface area contributed by atoms with E-state index in [0.717, 1.165) is 67.1 Å². The summed E-state index contributed by atoms with van der Waals surface area (Å²) in [4.78, 5) is 0. The van der Waals surface area contributed by atoms with Gasteiger partial charge in [0.1, 0.15) is 36.2 Å². The lowest BCUT2D eigenvalue weighted by Gasteiger charge is -2.38. The topological polar surface area (TPSA) is 77.4 Å². The quantitative estimate of drug-likeness (QED) is 0.168. The molecule has 43 heavy (non-hydrogen) atoms. The molecule has 0 unspecified atom stereocenters. The highest BCUT2D eigenvalue weighted by molar-refractivity contribution is 5.88. The van der Waals surface area contributed by atoms with Crippen molar-refractivity contribution >= 4 is 0 Å². The zero-order chi connectivity index (χ0) is 30.7. The Kier molecular flexibility index (Phi) is 9.00. The van der Waals surface area contributed by atoms with Crippen LogP contribution in [0.3, 0.4) is 0 Å². The summed E-state index contributed by atoms with van der Waals surface area (Å²) in [7, 11) is 0. The van der Waals surface area contributed by atoms with Crippen LogP contribution < -0.4 is 18.9 Å². The third-order valence-corrected chi connectivity index (χ3v) is 8.62. The highest BCUT2D eigenvalue weighted by Crippen LogP contribution is 2.61. The zero-order valence-electron chi connectivity index (χ0n) is 26.0. The second-order valence-corrected chi connectivity index (χ2v) is 10.9. The highest BCUT2D eigenvalue weighted by Gasteiger charge is 2.50. The minimum Gasteiger partial charge on any atom is -0.494 e. The molecule has 0 saturated heterocycles. The second-order valence-electron chi connectivity index (χ2n) is 10.9. The molecule has 0 heterocycles. The van der Waals surface area contributed by atoms with Crippen molar-refractivity contribution in [2.75, 3.05) is 39.6 Å². The van der Waals surface area contributed by atoms with E-state index < -0.39 is 5.41 Å². The Balaban J connectivity index is 2.05. The van der Waals surface area contributed by atoms with Crippen LogP contribution in [0.1, 0.15) is 58.4 Å². The van der Waals surface area contributed by atoms with Crippen LogP contribution in [0.15, 0.2) is 60.7 Å². The molecule has 6 nitrogen and oxygen atoms in total. The zero-order valence-corrected chi connectivity index (χ0v) is 26.0. The third kappa shape index (κ3) is 4.92. The van der Waals surface area contributed by atoms with Crippen molar-refractivity contribution in [1.29, 1.82) is 0 Å². The maximum atomic E-state index is 9.87. The summed E-state index contributed by atoms with van der Waals surface area (Å²) in [5, 5.41) is 19.7. The van der Waals surface area contributed by atoms with Crippen molar-refractivity contribution < 1.29 is 29.2 Å². The Bertz CT molecular complexity index is 1500. The lowest BCUT2D eigenvalue weighted by atomic mass is 9.66. The molecule has 4 aromatic rings. The van der Waals surface area contributed by atoms with E-state index in [0.29, 0.717) is 24.7 Å². The second kappa shape index (κ2) is 12.7. The Morgan fingerprint density at radius 3 is 1.30 bits per heavy atom. The van der Waals surface area contributed by atoms with Crippen LogP contribution in [0, 0.1) is 27.7 Å². The number of benzene rings is 4. The van der Waals surface area contributed by atoms with Gasteiger partial charge in [0, 0.05) is 11.1 Å². The molecule has 0 amide bonds. The molecule has 0 atom stereocenters. The first kappa shape index (κ1) is 30.5. The van der Waals surface area contributed by atoms with Gasteiger partial charge in [-0.1, -0.05) is 48.5 Å². The molecule has 6 heteroatoms. The number of hydrogen-bond acceptors (Lipinski definition) is 6. The Morgan fingerprint density at radius 1 is 0.535 bits per heavy atom. The van der Waals surface area contributed by atoms with E-state index in [9.17, 15) is 10.2 Å². The first-order valence-electron chi connectivity index (χ1n) is 15.1. The van der Waals surface area contributed by atoms with Gasteiger partial charge in [0.15, 0.2) is 0 Å². The summed E-state index contributed by atoms with van der Waals surface area (Å²) in [5.41, 5.74) is 9.14. The van der Waals surface area contributed by atoms with E-state index in [-0.39, 0.29) is 26.4 Å². The smallest absolute Gasteiger partial charge is 0.127 e. The third-order valence-electron chi connectivity index (χ3n) is 8.62. The van der Waals surface area contributed by atoms with Crippen LogP contribution in [0.2, 0.25) is 0 Å². The van der Waals surface area contributed by atoms with Gasteiger partial charge in [-0.25, -0.2) is 0 Å². The number of aliphatic hydroxyl groups is 2. The largest absolute Gasteiger partial charge is 0.494 e. The number of aliphatic hydroxyl groups excluding tert-OH is 2. The first-order chi connectivity index (χ1) is 20.9. The maximum Gasteiger partial charge on any atom is 0.127 e. The molecule has 1 aliphatic carbocycles. The fourth-order valence-electron chi connectivity index (χ4n) is 6.52. The number of hydrogen-bond donors (Lipinski definition) is 2. The molecule has 0 aliphatic heterocycles. The molecule has 0 spiro atoms. The average Bonchev–Trinajstić information content (AvgIpc) is 3.32. The summed E-state index contributed by atoms with van der Waals surface area (Å²) in [6.45, 7) is 13.2. The highest BCUT2D eigenvalue weighted by atomic mass is 16.5. The molecule has 0 saturated carbocycles. The van der Waals surface area contributed by atoms with E-state index in [1.807, 2.05) is 41.5 Å². The molecule has 0 bridgehead atoms. The number of rotatable bonds is 12. The summed E-state index contributed by atoms with van der Waals surface area (Å²) < 4.78 is 25.4. The van der Waals surface area contributed by atoms with Crippen molar-refractivity contribution in [2.45, 2.75) is 47.0 Å². The van der Waals surface area contributed by atoms with E-state index in [1.54, 1.807) is 0 Å². The van der Waals surface area contributed by atoms with Crippen LogP contribution in [0.5, 0.6) is 23.0 Å². The fourth-order valence-corrected chi connectivity index (χ4v) is 6.52. The SMILES string of the molecule is CCOc1cc(C2(c3cc(OCC)c(C)c(C)c3OCCO)c3ccccc3-c3ccccc32)c(OCCO)c(C)c1C. The van der Waals surface area contributed by atoms with Crippen LogP contribution >= 0.6 is 0 Å². The average molecular weight is 583 g/mol. The van der Waals surface area contributed by atoms with Gasteiger partial charge in [-0.2, -0.15) is 0 Å². The van der Waals surface area contributed by atoms with Crippen molar-refractivity contribution in [2.24, 2.45) is 0 Å². The summed E-state index contributed by atoms with van der Waals surface area (Å²) in [6.07, 6.45) is 0. The summed E-state index contributed by atoms with van der Waals surface area (Å²) >= 11 is 0. The lowest BCUT2D eigenvalue weighted by Crippen LogP contribution is -2.31. The summed E-state index contributed by atoms with van der Waals surface area (Å²) in [5.74, 6) is 2.95. The number of ether oxygens (including phenoxy) is 4. The Labute approximate surface area is 254 Å². The van der Waals surface area contributed by atoms with Gasteiger partial charge in [-0.3, -0.25) is 0 Å². The van der Waals surface area contributed by atoms with Crippen LogP contribution in [0.4, 0.5) is 0 Å². The van der Waals surface area contributed by atoms with E-state index in [2.05, 4.69) is 60.7 Å². The first-order valence-corrected chi connectivity index (χ1v) is 15.1. The minimum absolute atomic E-state index is 0.117. The molecule has 0 aromatic heterocycles. The van der Waals surface area contributed by atoms with Gasteiger partial charge in [-0.05, 0) is 98.2 Å². The normalized spacial score (nSPS) is 12.9. The molecule has 5 rings (SSSR count). The van der Waals surface area contributed by atoms with Crippen molar-refractivity contribution in [3.63, 3.8) is 0 Å². The van der Waals surface area contributed by atoms with Crippen molar-refractivity contribution in [1.82, 2.24) is 0 Å². The minimum atomic E-state index is -0.905. The van der Waals surface area contributed by atoms with E-state index in [1.165, 1.54) is 0 Å². The van der Waals surface area contributed by atoms with Crippen molar-refractivity contribution in [3.8, 4) is 34.1 Å². The Hall–Kier alpha value is -4.00. The molecule has 0 fully saturated rings. The molecule has 226 valence electrons. The van der Waals surface area contributed by atoms with Gasteiger partial charge >= 0.3 is 0 Å². The molecular weight excluding hydrogens is 540 g/mol. The van der Waals surface area contributed by atoms with Gasteiger partial charge in [0.25, 0.3) is 0 Å². The predicted octanol–water partition coefficient (Wildman–Crippen LogP) is 6.82. The van der Waals surface area contributed by atoms with Gasteiger partial charge in [0.2, 0.25) is 0 Å². The van der Waals surface area contributed by atoms with Crippen LogP contribution in [-0.2, 0) is 5.41 Å². The van der Waals surface area contributed by atoms with Crippen molar-refractivity contribution in [3.05, 3.63) is 105 Å². The van der Waals surface area contributed by atoms with Gasteiger partial charge in [-0.15, -0.1) is 0 Å². The number of fused-ring (bicyclic) bond motifs is 3. The van der Waals surface area contributed by atoms with Gasteiger partial charge in [0.05, 0.1) is 31.8 Å². The predicted molar refractivity (Wildman–Crippen MR) is 170 cm³/mol. The van der Waals surface area contributed by atoms with Crippen LogP contribution in [0.25, 0.3) is 11.1 Å². The van der Waals surface area contributed by atoms with Crippen LogP contribution in [-0.4, -0.2) is 49.9 Å². The standard InChI is InChI=1S/C37H42O6/c1-7-40-33-21-31(35(42-19-17-38)25(5)23(33)3)37(29-15-11-9-13-27(29)28-14-10-12-16-30(28)37)32-22-34(41-8-2)24(4)26(6)36(32)43-20-18-39/h9-16,21-22,38-39H,7-8,17-20H2,1-6H3. The maximum absolute atomic E-state index is 9.87. The molecule has 0 radical (unpaired) electrons. The molecule has 2 N–H and O–H groups in total. The van der Waals surface area contributed by atoms with Gasteiger partial charge < -0.3 is 29.2 Å². The molecular formula is C37H42O6. The monoisotopic (exact) mass is 582 g/mol. The van der Waals surface area contributed by atoms with E-state index in [4.69, 9.17) is 18.9 Å². The lowest BCUT2D eigenvalue weighted by molar-refractivity contribution is 0.196.